The SMILES string of the molecule is CCc1ccc(C2CNCCN2C(=O)CCN2CCCS2(=O)=O)cc1. The molecule has 2 saturated heterocycles. The lowest BCUT2D eigenvalue weighted by Crippen LogP contribution is -2.49. The zero-order valence-corrected chi connectivity index (χ0v) is 15.6. The molecule has 25 heavy (non-hydrogen) atoms. The van der Waals surface area contributed by atoms with Crippen LogP contribution in [0.4, 0.5) is 0 Å². The molecular weight excluding hydrogens is 338 g/mol. The molecule has 0 saturated carbocycles. The summed E-state index contributed by atoms with van der Waals surface area (Å²) in [6.45, 7) is 5.13. The summed E-state index contributed by atoms with van der Waals surface area (Å²) in [5.74, 6) is 0.245. The molecular formula is C18H27N3O3S. The summed E-state index contributed by atoms with van der Waals surface area (Å²) >= 11 is 0. The maximum absolute atomic E-state index is 12.7. The molecule has 1 aromatic rings. The maximum atomic E-state index is 12.7. The normalized spacial score (nSPS) is 23.7. The van der Waals surface area contributed by atoms with Crippen molar-refractivity contribution in [3.05, 3.63) is 35.4 Å². The fourth-order valence-electron chi connectivity index (χ4n) is 3.58. The Kier molecular flexibility index (Phi) is 5.76. The molecule has 3 rings (SSSR count). The fraction of sp³-hybridized carbons (Fsp3) is 0.611. The monoisotopic (exact) mass is 365 g/mol. The third kappa shape index (κ3) is 4.22. The van der Waals surface area contributed by atoms with Crippen LogP contribution in [0.15, 0.2) is 24.3 Å². The van der Waals surface area contributed by atoms with Crippen LogP contribution in [0.3, 0.4) is 0 Å². The molecule has 2 fully saturated rings. The summed E-state index contributed by atoms with van der Waals surface area (Å²) in [5, 5.41) is 3.36. The lowest BCUT2D eigenvalue weighted by molar-refractivity contribution is -0.134. The van der Waals surface area contributed by atoms with Crippen LogP contribution in [0.5, 0.6) is 0 Å². The summed E-state index contributed by atoms with van der Waals surface area (Å²) in [6, 6.07) is 8.44. The third-order valence-electron chi connectivity index (χ3n) is 5.11. The van der Waals surface area contributed by atoms with E-state index in [1.807, 2.05) is 4.90 Å². The minimum Gasteiger partial charge on any atom is -0.333 e. The first-order chi connectivity index (χ1) is 12.0. The molecule has 2 aliphatic heterocycles. The molecule has 6 nitrogen and oxygen atoms in total. The maximum Gasteiger partial charge on any atom is 0.224 e. The average Bonchev–Trinajstić information content (AvgIpc) is 2.98. The molecule has 0 bridgehead atoms. The zero-order valence-electron chi connectivity index (χ0n) is 14.8. The smallest absolute Gasteiger partial charge is 0.224 e. The second-order valence-corrected chi connectivity index (χ2v) is 8.81. The number of piperazine rings is 1. The Morgan fingerprint density at radius 3 is 2.64 bits per heavy atom. The van der Waals surface area contributed by atoms with Gasteiger partial charge in [-0.1, -0.05) is 31.2 Å². The van der Waals surface area contributed by atoms with E-state index in [0.717, 1.165) is 25.1 Å². The quantitative estimate of drug-likeness (QED) is 0.850. The first-order valence-electron chi connectivity index (χ1n) is 9.08. The third-order valence-corrected chi connectivity index (χ3v) is 7.07. The molecule has 0 aliphatic carbocycles. The Morgan fingerprint density at radius 1 is 1.24 bits per heavy atom. The number of hydrogen-bond acceptors (Lipinski definition) is 4. The van der Waals surface area contributed by atoms with Gasteiger partial charge in [-0.15, -0.1) is 0 Å². The second-order valence-electron chi connectivity index (χ2n) is 6.72. The van der Waals surface area contributed by atoms with Crippen LogP contribution in [-0.2, 0) is 21.2 Å². The topological polar surface area (TPSA) is 69.7 Å². The van der Waals surface area contributed by atoms with Gasteiger partial charge in [0.25, 0.3) is 0 Å². The van der Waals surface area contributed by atoms with E-state index >= 15 is 0 Å². The highest BCUT2D eigenvalue weighted by Gasteiger charge is 2.31. The van der Waals surface area contributed by atoms with E-state index in [4.69, 9.17) is 0 Å². The molecule has 2 aliphatic rings. The predicted molar refractivity (Wildman–Crippen MR) is 97.7 cm³/mol. The molecule has 1 atom stereocenters. The van der Waals surface area contributed by atoms with Crippen molar-refractivity contribution >= 4 is 15.9 Å². The molecule has 138 valence electrons. The van der Waals surface area contributed by atoms with E-state index in [1.165, 1.54) is 9.87 Å². The first-order valence-corrected chi connectivity index (χ1v) is 10.7. The van der Waals surface area contributed by atoms with Crippen molar-refractivity contribution in [1.29, 1.82) is 0 Å². The highest BCUT2D eigenvalue weighted by atomic mass is 32.2. The molecule has 2 heterocycles. The number of carbonyl (C=O) groups is 1. The minimum atomic E-state index is -3.14. The van der Waals surface area contributed by atoms with Gasteiger partial charge in [0, 0.05) is 39.1 Å². The molecule has 0 spiro atoms. The zero-order chi connectivity index (χ0) is 17.9. The summed E-state index contributed by atoms with van der Waals surface area (Å²) in [4.78, 5) is 14.7. The van der Waals surface area contributed by atoms with Crippen molar-refractivity contribution in [2.24, 2.45) is 0 Å². The summed E-state index contributed by atoms with van der Waals surface area (Å²) in [5.41, 5.74) is 2.41. The van der Waals surface area contributed by atoms with Gasteiger partial charge in [0.1, 0.15) is 0 Å². The molecule has 1 amide bonds. The Labute approximate surface area is 150 Å². The van der Waals surface area contributed by atoms with Crippen LogP contribution in [0, 0.1) is 0 Å². The predicted octanol–water partition coefficient (Wildman–Crippen LogP) is 1.15. The summed E-state index contributed by atoms with van der Waals surface area (Å²) in [6.07, 6.45) is 1.91. The van der Waals surface area contributed by atoms with E-state index in [-0.39, 0.29) is 24.1 Å². The average molecular weight is 365 g/mol. The van der Waals surface area contributed by atoms with E-state index in [2.05, 4.69) is 36.5 Å². The largest absolute Gasteiger partial charge is 0.333 e. The summed E-state index contributed by atoms with van der Waals surface area (Å²) in [7, 11) is -3.14. The number of amides is 1. The van der Waals surface area contributed by atoms with Crippen LogP contribution < -0.4 is 5.32 Å². The van der Waals surface area contributed by atoms with Gasteiger partial charge >= 0.3 is 0 Å². The lowest BCUT2D eigenvalue weighted by Gasteiger charge is -2.37. The van der Waals surface area contributed by atoms with Crippen molar-refractivity contribution in [3.63, 3.8) is 0 Å². The van der Waals surface area contributed by atoms with Crippen molar-refractivity contribution in [2.45, 2.75) is 32.2 Å². The number of nitrogens with one attached hydrogen (secondary N) is 1. The van der Waals surface area contributed by atoms with Crippen LogP contribution in [0.25, 0.3) is 0 Å². The minimum absolute atomic E-state index is 0.0161. The van der Waals surface area contributed by atoms with Gasteiger partial charge < -0.3 is 10.2 Å². The van der Waals surface area contributed by atoms with Crippen molar-refractivity contribution in [3.8, 4) is 0 Å². The molecule has 0 aromatic heterocycles. The van der Waals surface area contributed by atoms with Crippen molar-refractivity contribution < 1.29 is 13.2 Å². The lowest BCUT2D eigenvalue weighted by atomic mass is 10.0. The van der Waals surface area contributed by atoms with E-state index < -0.39 is 10.0 Å². The Morgan fingerprint density at radius 2 is 2.00 bits per heavy atom. The number of carbonyl (C=O) groups excluding carboxylic acids is 1. The molecule has 0 radical (unpaired) electrons. The number of benzene rings is 1. The van der Waals surface area contributed by atoms with Crippen LogP contribution in [-0.4, -0.2) is 62.0 Å². The van der Waals surface area contributed by atoms with E-state index in [0.29, 0.717) is 26.1 Å². The fourth-order valence-corrected chi connectivity index (χ4v) is 5.11. The Balaban J connectivity index is 1.66. The van der Waals surface area contributed by atoms with Gasteiger partial charge in [-0.25, -0.2) is 12.7 Å². The molecule has 1 unspecified atom stereocenters. The van der Waals surface area contributed by atoms with Crippen molar-refractivity contribution in [2.75, 3.05) is 38.5 Å². The second kappa shape index (κ2) is 7.85. The highest BCUT2D eigenvalue weighted by Crippen LogP contribution is 2.24. The number of aryl methyl sites for hydroxylation is 1. The number of rotatable bonds is 5. The van der Waals surface area contributed by atoms with Gasteiger partial charge in [-0.3, -0.25) is 4.79 Å². The van der Waals surface area contributed by atoms with E-state index in [9.17, 15) is 13.2 Å². The van der Waals surface area contributed by atoms with Crippen molar-refractivity contribution in [1.82, 2.24) is 14.5 Å². The Hall–Kier alpha value is -1.44. The van der Waals surface area contributed by atoms with Crippen LogP contribution in [0.2, 0.25) is 0 Å². The van der Waals surface area contributed by atoms with Gasteiger partial charge in [0.15, 0.2) is 0 Å². The highest BCUT2D eigenvalue weighted by molar-refractivity contribution is 7.89. The van der Waals surface area contributed by atoms with Crippen LogP contribution >= 0.6 is 0 Å². The standard InChI is InChI=1S/C18H27N3O3S/c1-2-15-4-6-16(7-5-15)17-14-19-9-12-21(17)18(22)8-11-20-10-3-13-25(20,23)24/h4-7,17,19H,2-3,8-14H2,1H3. The van der Waals surface area contributed by atoms with Gasteiger partial charge in [0.05, 0.1) is 11.8 Å². The molecule has 1 aromatic carbocycles. The van der Waals surface area contributed by atoms with E-state index in [1.54, 1.807) is 0 Å². The first kappa shape index (κ1) is 18.4. The van der Waals surface area contributed by atoms with Crippen LogP contribution in [0.1, 0.15) is 36.9 Å². The molecule has 7 heteroatoms. The number of nitrogens with zero attached hydrogens (tertiary/aromatic N) is 2. The van der Waals surface area contributed by atoms with Gasteiger partial charge in [-0.05, 0) is 24.0 Å². The van der Waals surface area contributed by atoms with Gasteiger partial charge in [-0.2, -0.15) is 0 Å². The summed E-state index contributed by atoms with van der Waals surface area (Å²) < 4.78 is 25.2. The number of hydrogen-bond donors (Lipinski definition) is 1. The molecule has 1 N–H and O–H groups in total. The Bertz CT molecular complexity index is 703. The van der Waals surface area contributed by atoms with Gasteiger partial charge in [0.2, 0.25) is 15.9 Å². The number of sulfonamides is 1.